The molecule has 3 rings (SSSR count). The zero-order chi connectivity index (χ0) is 32.9. The smallest absolute Gasteiger partial charge is 0.476 e. The number of halogens is 2. The summed E-state index contributed by atoms with van der Waals surface area (Å²) < 4.78 is 90.7. The normalized spacial score (nSPS) is 25.8. The van der Waals surface area contributed by atoms with Gasteiger partial charge in [0.05, 0.1) is 25.1 Å². The molecule has 2 aromatic rings. The number of ether oxygens (including phenoxy) is 6. The van der Waals surface area contributed by atoms with Crippen LogP contribution in [0.5, 0.6) is 5.88 Å². The van der Waals surface area contributed by atoms with Crippen molar-refractivity contribution < 1.29 is 70.3 Å². The Morgan fingerprint density at radius 3 is 2.50 bits per heavy atom. The maximum absolute atomic E-state index is 16.1. The minimum Gasteiger partial charge on any atom is -0.476 e. The highest BCUT2D eigenvalue weighted by atomic mass is 31.2. The molecule has 21 heteroatoms. The first-order valence-electron chi connectivity index (χ1n) is 13.2. The molecule has 44 heavy (non-hydrogen) atoms. The van der Waals surface area contributed by atoms with Crippen LogP contribution < -0.4 is 10.5 Å². The first-order chi connectivity index (χ1) is 20.5. The Morgan fingerprint density at radius 2 is 1.86 bits per heavy atom. The Labute approximate surface area is 250 Å². The van der Waals surface area contributed by atoms with Crippen LogP contribution in [0.15, 0.2) is 6.33 Å². The van der Waals surface area contributed by atoms with Crippen LogP contribution in [-0.4, -0.2) is 99.0 Å². The number of hydrogen-bond donors (Lipinski definition) is 3. The minimum absolute atomic E-state index is 0.0245. The average molecular weight is 660 g/mol. The highest BCUT2D eigenvalue weighted by molar-refractivity contribution is 7.48. The quantitative estimate of drug-likeness (QED) is 0.133. The summed E-state index contributed by atoms with van der Waals surface area (Å²) in [6.45, 7) is 3.59. The number of hydrogen-bond acceptors (Lipinski definition) is 17. The number of alkyl halides is 2. The van der Waals surface area contributed by atoms with E-state index < -0.39 is 76.7 Å². The van der Waals surface area contributed by atoms with Gasteiger partial charge in [-0.2, -0.15) is 9.97 Å². The van der Waals surface area contributed by atoms with Crippen LogP contribution in [0.25, 0.3) is 11.2 Å². The number of anilines is 1. The molecule has 2 aromatic heterocycles. The lowest BCUT2D eigenvalue weighted by Gasteiger charge is -2.26. The highest BCUT2D eigenvalue weighted by Crippen LogP contribution is 2.54. The van der Waals surface area contributed by atoms with E-state index in [4.69, 9.17) is 43.0 Å². The molecule has 4 N–H and O–H groups in total. The number of rotatable bonds is 16. The van der Waals surface area contributed by atoms with Crippen molar-refractivity contribution in [1.29, 1.82) is 0 Å². The first-order valence-corrected chi connectivity index (χ1v) is 14.7. The van der Waals surface area contributed by atoms with Crippen LogP contribution in [-0.2, 0) is 41.8 Å². The number of phosphoric acid groups is 1. The van der Waals surface area contributed by atoms with E-state index in [1.807, 2.05) is 0 Å². The second-order valence-corrected chi connectivity index (χ2v) is 11.6. The second-order valence-electron chi connectivity index (χ2n) is 9.89. The zero-order valence-electron chi connectivity index (χ0n) is 24.7. The summed E-state index contributed by atoms with van der Waals surface area (Å²) in [6.07, 6.45) is -5.65. The van der Waals surface area contributed by atoms with Crippen LogP contribution >= 0.6 is 7.82 Å². The molecule has 250 valence electrons. The van der Waals surface area contributed by atoms with Crippen LogP contribution in [0.3, 0.4) is 0 Å². The van der Waals surface area contributed by atoms with E-state index in [9.17, 15) is 19.6 Å². The molecule has 1 aliphatic rings. The molecule has 6 atom stereocenters. The Morgan fingerprint density at radius 1 is 1.18 bits per heavy atom. The second kappa shape index (κ2) is 14.5. The third-order valence-corrected chi connectivity index (χ3v) is 6.91. The van der Waals surface area contributed by atoms with Crippen molar-refractivity contribution in [2.24, 2.45) is 0 Å². The molecule has 0 bridgehead atoms. The van der Waals surface area contributed by atoms with Crippen molar-refractivity contribution in [3.63, 3.8) is 0 Å². The Bertz CT molecular complexity index is 1320. The van der Waals surface area contributed by atoms with Gasteiger partial charge in [-0.15, -0.1) is 0 Å². The number of carbonyl (C=O) groups excluding carboxylic acids is 1. The lowest BCUT2D eigenvalue weighted by molar-refractivity contribution is -0.295. The van der Waals surface area contributed by atoms with Gasteiger partial charge in [0.1, 0.15) is 6.61 Å². The molecule has 1 saturated heterocycles. The largest absolute Gasteiger partial charge is 0.510 e. The molecule has 0 aromatic carbocycles. The maximum Gasteiger partial charge on any atom is 0.510 e. The molecule has 0 aliphatic carbocycles. The lowest BCUT2D eigenvalue weighted by atomic mass is 9.97. The number of nitrogens with zero attached hydrogens (tertiary/aromatic N) is 4. The molecule has 1 aliphatic heterocycles. The van der Waals surface area contributed by atoms with Gasteiger partial charge in [-0.25, -0.2) is 27.6 Å². The van der Waals surface area contributed by atoms with Crippen LogP contribution in [0, 0.1) is 0 Å². The van der Waals surface area contributed by atoms with Crippen LogP contribution in [0.2, 0.25) is 0 Å². The van der Waals surface area contributed by atoms with E-state index in [1.54, 1.807) is 20.8 Å². The lowest BCUT2D eigenvalue weighted by Crippen LogP contribution is -2.46. The van der Waals surface area contributed by atoms with Gasteiger partial charge in [0.15, 0.2) is 36.0 Å². The van der Waals surface area contributed by atoms with Gasteiger partial charge in [0, 0.05) is 0 Å². The number of nitrogen functional groups attached to an aromatic ring is 1. The number of carbonyl (C=O) groups is 1. The number of fused-ring (bicyclic) bond motifs is 1. The van der Waals surface area contributed by atoms with E-state index in [0.29, 0.717) is 0 Å². The molecule has 0 radical (unpaired) electrons. The van der Waals surface area contributed by atoms with Crippen molar-refractivity contribution in [2.45, 2.75) is 84.1 Å². The van der Waals surface area contributed by atoms with Crippen LogP contribution in [0.1, 0.15) is 47.8 Å². The number of aliphatic hydroxyl groups is 2. The number of aromatic nitrogens is 4. The molecule has 3 heterocycles. The zero-order valence-corrected chi connectivity index (χ0v) is 25.6. The summed E-state index contributed by atoms with van der Waals surface area (Å²) in [6, 6.07) is 0. The molecule has 18 nitrogen and oxygen atoms in total. The molecular formula is C23H36F2N5O13P. The average Bonchev–Trinajstić information content (AvgIpc) is 3.39. The van der Waals surface area contributed by atoms with Gasteiger partial charge >= 0.3 is 14.0 Å². The van der Waals surface area contributed by atoms with Crippen LogP contribution in [0.4, 0.5) is 19.5 Å². The Kier molecular flexibility index (Phi) is 11.8. The molecule has 0 spiro atoms. The van der Waals surface area contributed by atoms with Crippen molar-refractivity contribution in [2.75, 3.05) is 32.5 Å². The fourth-order valence-electron chi connectivity index (χ4n) is 3.75. The fraction of sp³-hybridized carbons (Fsp3) is 0.739. The molecule has 1 fully saturated rings. The minimum atomic E-state index is -4.95. The van der Waals surface area contributed by atoms with Gasteiger partial charge in [-0.3, -0.25) is 13.6 Å². The summed E-state index contributed by atoms with van der Waals surface area (Å²) >= 11 is 0. The maximum atomic E-state index is 16.1. The van der Waals surface area contributed by atoms with Gasteiger partial charge < -0.3 is 44.4 Å². The monoisotopic (exact) mass is 659 g/mol. The molecule has 2 unspecified atom stereocenters. The van der Waals surface area contributed by atoms with E-state index in [0.717, 1.165) is 17.8 Å². The van der Waals surface area contributed by atoms with Gasteiger partial charge in [-0.1, -0.05) is 0 Å². The number of phosphoric ester groups is 1. The topological polar surface area (TPSA) is 227 Å². The summed E-state index contributed by atoms with van der Waals surface area (Å²) in [5, 5.41) is 20.3. The summed E-state index contributed by atoms with van der Waals surface area (Å²) in [4.78, 5) is 23.6. The third-order valence-electron chi connectivity index (χ3n) is 5.62. The number of nitrogens with two attached hydrogens (primary N) is 1. The summed E-state index contributed by atoms with van der Waals surface area (Å²) in [5.41, 5.74) is 2.82. The van der Waals surface area contributed by atoms with E-state index in [-0.39, 0.29) is 29.6 Å². The van der Waals surface area contributed by atoms with Crippen molar-refractivity contribution in [3.8, 4) is 5.88 Å². The third kappa shape index (κ3) is 8.67. The Balaban J connectivity index is 1.79. The predicted molar refractivity (Wildman–Crippen MR) is 142 cm³/mol. The number of aliphatic hydroxyl groups excluding tert-OH is 2. The SMILES string of the molecule is CCOc1nc(N)nc2c1ncn2[C@@H]1O[C@](F)(COP(=O)(OCOC(=O)OC(C)C)OCOC(O)OC(C)C)[C@@H](O)[C@@]1(C)F. The van der Waals surface area contributed by atoms with Crippen molar-refractivity contribution in [1.82, 2.24) is 19.5 Å². The molecule has 0 amide bonds. The number of imidazole rings is 1. The van der Waals surface area contributed by atoms with Crippen molar-refractivity contribution in [3.05, 3.63) is 6.33 Å². The van der Waals surface area contributed by atoms with Gasteiger partial charge in [-0.05, 0) is 41.5 Å². The summed E-state index contributed by atoms with van der Waals surface area (Å²) in [5.74, 6) is -3.67. The standard InChI is InChI=1S/C23H36F2N5O13P/c1-7-35-16-14-15(28-19(26)29-16)30(9-27-14)18-22(6,24)17(31)23(25,43-18)8-38-44(34,39-10-36-20(32)41-12(2)3)40-11-37-21(33)42-13(4)5/h9,12-13,17-18,20,31-32H,7-8,10-11H2,1-6H3,(H2,26,28,29)/t17-,18+,20?,22+,23+,44?/m0/s1. The highest BCUT2D eigenvalue weighted by Gasteiger charge is 2.65. The van der Waals surface area contributed by atoms with E-state index >= 15 is 8.78 Å². The van der Waals surface area contributed by atoms with Gasteiger partial charge in [0.2, 0.25) is 18.6 Å². The fourth-order valence-corrected chi connectivity index (χ4v) is 4.68. The van der Waals surface area contributed by atoms with Crippen molar-refractivity contribution >= 4 is 31.1 Å². The molecular weight excluding hydrogens is 623 g/mol. The van der Waals surface area contributed by atoms with Gasteiger partial charge in [0.25, 0.3) is 12.3 Å². The first kappa shape index (κ1) is 35.7. The van der Waals surface area contributed by atoms with E-state index in [2.05, 4.69) is 19.7 Å². The predicted octanol–water partition coefficient (Wildman–Crippen LogP) is 2.44. The molecule has 0 saturated carbocycles. The summed E-state index contributed by atoms with van der Waals surface area (Å²) in [7, 11) is -4.95. The Hall–Kier alpha value is -2.81. The van der Waals surface area contributed by atoms with E-state index in [1.165, 1.54) is 13.8 Å².